The van der Waals surface area contributed by atoms with E-state index in [9.17, 15) is 8.78 Å². The largest absolute Gasteiger partial charge is 1.00 e. The molecular formula is C7H9F2K. The van der Waals surface area contributed by atoms with Gasteiger partial charge in [-0.3, -0.25) is 0 Å². The average molecular weight is 170 g/mol. The first-order valence-electron chi connectivity index (χ1n) is 3.42. The Morgan fingerprint density at radius 3 is 2.40 bits per heavy atom. The van der Waals surface area contributed by atoms with E-state index in [0.717, 1.165) is 12.8 Å². The zero-order chi connectivity index (χ0) is 6.48. The van der Waals surface area contributed by atoms with Gasteiger partial charge in [-0.05, 0) is 0 Å². The summed E-state index contributed by atoms with van der Waals surface area (Å²) < 4.78 is 25.0. The molecule has 52 valence electrons. The van der Waals surface area contributed by atoms with Crippen molar-refractivity contribution in [3.63, 3.8) is 0 Å². The minimum atomic E-state index is -2.28. The van der Waals surface area contributed by atoms with Crippen molar-refractivity contribution in [2.24, 2.45) is 11.8 Å². The van der Waals surface area contributed by atoms with E-state index >= 15 is 0 Å². The third-order valence-corrected chi connectivity index (χ3v) is 2.47. The van der Waals surface area contributed by atoms with Crippen molar-refractivity contribution < 1.29 is 60.2 Å². The summed E-state index contributed by atoms with van der Waals surface area (Å²) >= 11 is 0. The van der Waals surface area contributed by atoms with Crippen LogP contribution in [-0.2, 0) is 0 Å². The first-order chi connectivity index (χ1) is 4.23. The zero-order valence-corrected chi connectivity index (χ0v) is 9.23. The standard InChI is InChI=1S/C7H9F2.K/c8-7(9)5-3-1-2-4-6(5)7;/h1,5-6H,2-4H2;/q-1;+1. The van der Waals surface area contributed by atoms with Crippen LogP contribution in [0, 0.1) is 18.3 Å². The topological polar surface area (TPSA) is 0 Å². The van der Waals surface area contributed by atoms with Crippen LogP contribution < -0.4 is 51.4 Å². The average Bonchev–Trinajstić information content (AvgIpc) is 2.39. The van der Waals surface area contributed by atoms with Gasteiger partial charge in [0.05, 0.1) is 0 Å². The summed E-state index contributed by atoms with van der Waals surface area (Å²) in [5, 5.41) is 0. The van der Waals surface area contributed by atoms with Crippen LogP contribution in [0.25, 0.3) is 0 Å². The van der Waals surface area contributed by atoms with E-state index in [0.29, 0.717) is 6.42 Å². The Morgan fingerprint density at radius 1 is 1.30 bits per heavy atom. The maximum atomic E-state index is 12.5. The van der Waals surface area contributed by atoms with Crippen LogP contribution in [0.2, 0.25) is 0 Å². The van der Waals surface area contributed by atoms with Crippen molar-refractivity contribution in [2.45, 2.75) is 25.2 Å². The minimum absolute atomic E-state index is 0. The summed E-state index contributed by atoms with van der Waals surface area (Å²) in [6, 6.07) is 0. The Labute approximate surface area is 102 Å². The number of fused-ring (bicyclic) bond motifs is 1. The fraction of sp³-hybridized carbons (Fsp3) is 0.857. The van der Waals surface area contributed by atoms with Gasteiger partial charge in [-0.25, -0.2) is 8.78 Å². The summed E-state index contributed by atoms with van der Waals surface area (Å²) in [6.07, 6.45) is 4.26. The molecule has 2 atom stereocenters. The Balaban J connectivity index is 0.000000500. The fourth-order valence-corrected chi connectivity index (χ4v) is 1.77. The first-order valence-corrected chi connectivity index (χ1v) is 3.42. The van der Waals surface area contributed by atoms with Crippen LogP contribution >= 0.6 is 0 Å². The molecule has 2 unspecified atom stereocenters. The van der Waals surface area contributed by atoms with Crippen LogP contribution in [-0.4, -0.2) is 5.92 Å². The third-order valence-electron chi connectivity index (χ3n) is 2.47. The van der Waals surface area contributed by atoms with Crippen molar-refractivity contribution in [3.05, 3.63) is 6.42 Å². The van der Waals surface area contributed by atoms with Gasteiger partial charge in [0.2, 0.25) is 0 Å². The van der Waals surface area contributed by atoms with E-state index in [1.807, 2.05) is 6.42 Å². The van der Waals surface area contributed by atoms with E-state index < -0.39 is 5.92 Å². The van der Waals surface area contributed by atoms with Gasteiger partial charge in [0.15, 0.2) is 0 Å². The summed E-state index contributed by atoms with van der Waals surface area (Å²) in [5.74, 6) is -2.80. The van der Waals surface area contributed by atoms with Gasteiger partial charge < -0.3 is 6.42 Å². The molecule has 0 aromatic carbocycles. The van der Waals surface area contributed by atoms with Crippen molar-refractivity contribution in [3.8, 4) is 0 Å². The van der Waals surface area contributed by atoms with E-state index in [4.69, 9.17) is 0 Å². The molecule has 0 aliphatic heterocycles. The molecule has 0 nitrogen and oxygen atoms in total. The molecule has 3 heteroatoms. The van der Waals surface area contributed by atoms with E-state index in [1.165, 1.54) is 0 Å². The van der Waals surface area contributed by atoms with Crippen molar-refractivity contribution in [1.29, 1.82) is 0 Å². The minimum Gasteiger partial charge on any atom is -0.328 e. The van der Waals surface area contributed by atoms with Crippen molar-refractivity contribution in [1.82, 2.24) is 0 Å². The van der Waals surface area contributed by atoms with Crippen LogP contribution in [0.5, 0.6) is 0 Å². The molecule has 0 bridgehead atoms. The molecule has 2 rings (SSSR count). The van der Waals surface area contributed by atoms with Crippen LogP contribution in [0.1, 0.15) is 19.3 Å². The predicted molar refractivity (Wildman–Crippen MR) is 30.1 cm³/mol. The molecule has 0 aromatic heterocycles. The number of alkyl halides is 2. The number of hydrogen-bond acceptors (Lipinski definition) is 0. The van der Waals surface area contributed by atoms with Gasteiger partial charge in [-0.2, -0.15) is 12.8 Å². The first kappa shape index (κ1) is 9.58. The maximum Gasteiger partial charge on any atom is 1.00 e. The Bertz CT molecular complexity index is 122. The van der Waals surface area contributed by atoms with Gasteiger partial charge in [0.1, 0.15) is 0 Å². The quantitative estimate of drug-likeness (QED) is 0.332. The molecule has 10 heavy (non-hydrogen) atoms. The van der Waals surface area contributed by atoms with Crippen LogP contribution in [0.15, 0.2) is 0 Å². The fourth-order valence-electron chi connectivity index (χ4n) is 1.77. The molecule has 2 aliphatic rings. The van der Waals surface area contributed by atoms with Crippen LogP contribution in [0.4, 0.5) is 8.78 Å². The zero-order valence-electron chi connectivity index (χ0n) is 6.11. The SMILES string of the molecule is FC1(F)C2C[CH-]CCC21.[K+]. The Morgan fingerprint density at radius 2 is 2.00 bits per heavy atom. The smallest absolute Gasteiger partial charge is 0.328 e. The number of rotatable bonds is 0. The molecular weight excluding hydrogens is 161 g/mol. The maximum absolute atomic E-state index is 12.5. The second-order valence-electron chi connectivity index (χ2n) is 2.99. The predicted octanol–water partition coefficient (Wildman–Crippen LogP) is -0.740. The van der Waals surface area contributed by atoms with Gasteiger partial charge in [0, 0.05) is 11.8 Å². The van der Waals surface area contributed by atoms with E-state index in [2.05, 4.69) is 0 Å². The summed E-state index contributed by atoms with van der Waals surface area (Å²) in [5.41, 5.74) is 0. The summed E-state index contributed by atoms with van der Waals surface area (Å²) in [6.45, 7) is 0. The molecule has 0 N–H and O–H groups in total. The normalized spacial score (nSPS) is 41.4. The Kier molecular flexibility index (Phi) is 2.96. The summed E-state index contributed by atoms with van der Waals surface area (Å²) in [4.78, 5) is 0. The van der Waals surface area contributed by atoms with Gasteiger partial charge in [-0.1, -0.05) is 6.42 Å². The molecule has 0 heterocycles. The number of hydrogen-bond donors (Lipinski definition) is 0. The molecule has 2 aliphatic carbocycles. The molecule has 0 saturated heterocycles. The Hall–Kier alpha value is 1.50. The second-order valence-corrected chi connectivity index (χ2v) is 2.99. The molecule has 2 saturated carbocycles. The molecule has 0 radical (unpaired) electrons. The third kappa shape index (κ3) is 1.35. The second kappa shape index (κ2) is 3.09. The molecule has 0 amide bonds. The van der Waals surface area contributed by atoms with E-state index in [-0.39, 0.29) is 63.2 Å². The summed E-state index contributed by atoms with van der Waals surface area (Å²) in [7, 11) is 0. The van der Waals surface area contributed by atoms with Gasteiger partial charge in [0.25, 0.3) is 5.92 Å². The van der Waals surface area contributed by atoms with E-state index in [1.54, 1.807) is 0 Å². The monoisotopic (exact) mass is 170 g/mol. The molecule has 2 fully saturated rings. The molecule has 0 spiro atoms. The van der Waals surface area contributed by atoms with Gasteiger partial charge >= 0.3 is 51.4 Å². The van der Waals surface area contributed by atoms with Gasteiger partial charge in [-0.15, -0.1) is 0 Å². The molecule has 0 aromatic rings. The van der Waals surface area contributed by atoms with Crippen LogP contribution in [0.3, 0.4) is 0 Å². The van der Waals surface area contributed by atoms with Crippen molar-refractivity contribution >= 4 is 0 Å². The van der Waals surface area contributed by atoms with Crippen molar-refractivity contribution in [2.75, 3.05) is 0 Å². The number of halogens is 2.